The largest absolute Gasteiger partial charge is 0.494 e. The minimum absolute atomic E-state index is 0.0690. The lowest BCUT2D eigenvalue weighted by Crippen LogP contribution is -2.13. The Labute approximate surface area is 126 Å². The molecule has 0 aliphatic carbocycles. The Morgan fingerprint density at radius 2 is 1.73 bits per heavy atom. The van der Waals surface area contributed by atoms with E-state index in [2.05, 4.69) is 0 Å². The van der Waals surface area contributed by atoms with Crippen molar-refractivity contribution >= 4 is 11.7 Å². The van der Waals surface area contributed by atoms with Crippen LogP contribution < -0.4 is 15.2 Å². The zero-order valence-electron chi connectivity index (χ0n) is 11.8. The number of ether oxygens (including phenoxy) is 2. The Morgan fingerprint density at radius 1 is 1.09 bits per heavy atom. The Morgan fingerprint density at radius 3 is 2.27 bits per heavy atom. The van der Waals surface area contributed by atoms with Crippen molar-refractivity contribution in [3.63, 3.8) is 0 Å². The molecule has 1 amide bonds. The molecule has 22 heavy (non-hydrogen) atoms. The van der Waals surface area contributed by atoms with E-state index >= 15 is 0 Å². The number of amides is 1. The zero-order chi connectivity index (χ0) is 16.1. The minimum atomic E-state index is -0.612. The molecule has 0 saturated carbocycles. The summed E-state index contributed by atoms with van der Waals surface area (Å²) >= 11 is 0. The van der Waals surface area contributed by atoms with Crippen molar-refractivity contribution in [1.29, 1.82) is 0 Å². The number of carbonyl (C=O) groups is 2. The van der Waals surface area contributed by atoms with Gasteiger partial charge in [0.1, 0.15) is 5.75 Å². The Balaban J connectivity index is 2.00. The van der Waals surface area contributed by atoms with E-state index in [1.807, 2.05) is 0 Å². The van der Waals surface area contributed by atoms with Crippen molar-refractivity contribution in [1.82, 2.24) is 0 Å². The lowest BCUT2D eigenvalue weighted by atomic mass is 10.1. The summed E-state index contributed by atoms with van der Waals surface area (Å²) in [5.74, 6) is -1.05. The van der Waals surface area contributed by atoms with Gasteiger partial charge in [0, 0.05) is 11.1 Å². The van der Waals surface area contributed by atoms with Gasteiger partial charge < -0.3 is 15.2 Å². The van der Waals surface area contributed by atoms with E-state index in [-0.39, 0.29) is 23.7 Å². The van der Waals surface area contributed by atoms with Crippen molar-refractivity contribution in [2.24, 2.45) is 5.73 Å². The minimum Gasteiger partial charge on any atom is -0.494 e. The first-order chi connectivity index (χ1) is 10.5. The van der Waals surface area contributed by atoms with E-state index in [0.29, 0.717) is 11.3 Å². The molecule has 0 fully saturated rings. The fourth-order valence-electron chi connectivity index (χ4n) is 1.79. The molecule has 0 heterocycles. The molecular formula is C16H14FNO4. The topological polar surface area (TPSA) is 78.6 Å². The number of hydrogen-bond acceptors (Lipinski definition) is 4. The van der Waals surface area contributed by atoms with Crippen LogP contribution in [0.25, 0.3) is 0 Å². The second-order valence-corrected chi connectivity index (χ2v) is 4.45. The number of primary amides is 1. The van der Waals surface area contributed by atoms with Crippen molar-refractivity contribution in [3.05, 3.63) is 59.4 Å². The second-order valence-electron chi connectivity index (χ2n) is 4.45. The summed E-state index contributed by atoms with van der Waals surface area (Å²) in [5.41, 5.74) is 5.65. The average molecular weight is 303 g/mol. The van der Waals surface area contributed by atoms with Crippen LogP contribution in [0.5, 0.6) is 11.5 Å². The molecule has 0 radical (unpaired) electrons. The number of Topliss-reactive ketones (excluding diaryl/α,β-unsaturated/α-hetero) is 1. The molecule has 5 nitrogen and oxygen atoms in total. The van der Waals surface area contributed by atoms with Crippen LogP contribution in [0.15, 0.2) is 42.5 Å². The van der Waals surface area contributed by atoms with Gasteiger partial charge in [0.2, 0.25) is 5.91 Å². The fraction of sp³-hybridized carbons (Fsp3) is 0.125. The maximum atomic E-state index is 13.5. The molecule has 0 spiro atoms. The number of benzene rings is 2. The van der Waals surface area contributed by atoms with Gasteiger partial charge in [-0.25, -0.2) is 4.39 Å². The predicted octanol–water partition coefficient (Wildman–Crippen LogP) is 2.19. The number of hydrogen-bond donors (Lipinski definition) is 1. The van der Waals surface area contributed by atoms with Gasteiger partial charge in [0.05, 0.1) is 7.11 Å². The van der Waals surface area contributed by atoms with Crippen molar-refractivity contribution < 1.29 is 23.5 Å². The standard InChI is InChI=1S/C16H14FNO4/c1-21-15-7-4-11(8-13(15)17)14(19)9-22-12-5-2-10(3-6-12)16(18)20/h2-8H,9H2,1H3,(H2,18,20). The highest BCUT2D eigenvalue weighted by molar-refractivity contribution is 5.97. The molecule has 0 atom stereocenters. The Kier molecular flexibility index (Phi) is 4.73. The first-order valence-electron chi connectivity index (χ1n) is 6.40. The molecule has 6 heteroatoms. The van der Waals surface area contributed by atoms with E-state index < -0.39 is 11.7 Å². The van der Waals surface area contributed by atoms with Gasteiger partial charge in [-0.3, -0.25) is 9.59 Å². The van der Waals surface area contributed by atoms with Crippen LogP contribution in [0.3, 0.4) is 0 Å². The molecule has 0 aromatic heterocycles. The summed E-state index contributed by atoms with van der Waals surface area (Å²) in [4.78, 5) is 22.9. The number of ketones is 1. The molecule has 0 aliphatic rings. The predicted molar refractivity (Wildman–Crippen MR) is 77.7 cm³/mol. The molecule has 114 valence electrons. The van der Waals surface area contributed by atoms with Gasteiger partial charge in [0.25, 0.3) is 0 Å². The highest BCUT2D eigenvalue weighted by atomic mass is 19.1. The van der Waals surface area contributed by atoms with Crippen LogP contribution in [0, 0.1) is 5.82 Å². The molecule has 2 aromatic carbocycles. The number of carbonyl (C=O) groups excluding carboxylic acids is 2. The van der Waals surface area contributed by atoms with E-state index in [4.69, 9.17) is 15.2 Å². The van der Waals surface area contributed by atoms with Crippen LogP contribution in [0.4, 0.5) is 4.39 Å². The van der Waals surface area contributed by atoms with Gasteiger partial charge in [0.15, 0.2) is 24.0 Å². The van der Waals surface area contributed by atoms with Crippen LogP contribution >= 0.6 is 0 Å². The zero-order valence-corrected chi connectivity index (χ0v) is 11.8. The summed E-state index contributed by atoms with van der Waals surface area (Å²) < 4.78 is 23.6. The third-order valence-corrected chi connectivity index (χ3v) is 2.98. The SMILES string of the molecule is COc1ccc(C(=O)COc2ccc(C(N)=O)cc2)cc1F. The monoisotopic (exact) mass is 303 g/mol. The van der Waals surface area contributed by atoms with Crippen molar-refractivity contribution in [2.75, 3.05) is 13.7 Å². The number of nitrogens with two attached hydrogens (primary N) is 1. The summed E-state index contributed by atoms with van der Waals surface area (Å²) in [6, 6.07) is 9.99. The normalized spacial score (nSPS) is 10.1. The summed E-state index contributed by atoms with van der Waals surface area (Å²) in [5, 5.41) is 0. The number of halogens is 1. The first kappa shape index (κ1) is 15.5. The summed E-state index contributed by atoms with van der Waals surface area (Å²) in [6.07, 6.45) is 0. The lowest BCUT2D eigenvalue weighted by Gasteiger charge is -2.07. The maximum Gasteiger partial charge on any atom is 0.248 e. The van der Waals surface area contributed by atoms with E-state index in [0.717, 1.165) is 6.07 Å². The van der Waals surface area contributed by atoms with Crippen LogP contribution in [-0.4, -0.2) is 25.4 Å². The average Bonchev–Trinajstić information content (AvgIpc) is 2.52. The molecule has 2 N–H and O–H groups in total. The second kappa shape index (κ2) is 6.71. The van der Waals surface area contributed by atoms with E-state index in [1.54, 1.807) is 0 Å². The highest BCUT2D eigenvalue weighted by Crippen LogP contribution is 2.18. The molecule has 0 saturated heterocycles. The molecule has 0 bridgehead atoms. The fourth-order valence-corrected chi connectivity index (χ4v) is 1.79. The highest BCUT2D eigenvalue weighted by Gasteiger charge is 2.11. The summed E-state index contributed by atoms with van der Waals surface area (Å²) in [6.45, 7) is -0.248. The van der Waals surface area contributed by atoms with Gasteiger partial charge in [-0.15, -0.1) is 0 Å². The Bertz CT molecular complexity index is 698. The molecule has 0 unspecified atom stereocenters. The lowest BCUT2D eigenvalue weighted by molar-refractivity contribution is 0.0919. The number of rotatable bonds is 6. The van der Waals surface area contributed by atoms with E-state index in [1.165, 1.54) is 43.5 Å². The maximum absolute atomic E-state index is 13.5. The third kappa shape index (κ3) is 3.60. The van der Waals surface area contributed by atoms with E-state index in [9.17, 15) is 14.0 Å². The van der Waals surface area contributed by atoms with Crippen LogP contribution in [0.2, 0.25) is 0 Å². The molecule has 2 rings (SSSR count). The Hall–Kier alpha value is -2.89. The number of methoxy groups -OCH3 is 1. The summed E-state index contributed by atoms with van der Waals surface area (Å²) in [7, 11) is 1.35. The molecule has 0 aliphatic heterocycles. The molecular weight excluding hydrogens is 289 g/mol. The van der Waals surface area contributed by atoms with Gasteiger partial charge in [-0.05, 0) is 42.5 Å². The third-order valence-electron chi connectivity index (χ3n) is 2.98. The van der Waals surface area contributed by atoms with Crippen molar-refractivity contribution in [2.45, 2.75) is 0 Å². The molecule has 2 aromatic rings. The van der Waals surface area contributed by atoms with Crippen LogP contribution in [-0.2, 0) is 0 Å². The first-order valence-corrected chi connectivity index (χ1v) is 6.40. The van der Waals surface area contributed by atoms with Crippen molar-refractivity contribution in [3.8, 4) is 11.5 Å². The van der Waals surface area contributed by atoms with Gasteiger partial charge in [-0.2, -0.15) is 0 Å². The van der Waals surface area contributed by atoms with Gasteiger partial charge in [-0.1, -0.05) is 0 Å². The van der Waals surface area contributed by atoms with Crippen LogP contribution in [0.1, 0.15) is 20.7 Å². The quantitative estimate of drug-likeness (QED) is 0.830. The smallest absolute Gasteiger partial charge is 0.248 e. The van der Waals surface area contributed by atoms with Gasteiger partial charge >= 0.3 is 0 Å².